The fraction of sp³-hybridized carbons (Fsp3) is 0.450. The summed E-state index contributed by atoms with van der Waals surface area (Å²) in [5.41, 5.74) is 8.10. The molecule has 1 aromatic carbocycles. The second-order valence-electron chi connectivity index (χ2n) is 7.60. The van der Waals surface area contributed by atoms with E-state index in [0.29, 0.717) is 12.5 Å². The molecule has 28 heavy (non-hydrogen) atoms. The highest BCUT2D eigenvalue weighted by molar-refractivity contribution is 5.87. The van der Waals surface area contributed by atoms with Crippen LogP contribution >= 0.6 is 0 Å². The Balaban J connectivity index is 1.57. The van der Waals surface area contributed by atoms with Gasteiger partial charge >= 0.3 is 0 Å². The molecule has 0 saturated carbocycles. The Hall–Kier alpha value is -2.71. The SMILES string of the molecule is Cn1ncc2c(NC3(C)CCOCC3)nc(NC[C@H](N)c3ccccc3)nc21. The first kappa shape index (κ1) is 18.6. The zero-order valence-corrected chi connectivity index (χ0v) is 16.4. The molecule has 1 saturated heterocycles. The van der Waals surface area contributed by atoms with E-state index in [2.05, 4.69) is 27.6 Å². The zero-order valence-electron chi connectivity index (χ0n) is 16.4. The molecule has 0 bridgehead atoms. The van der Waals surface area contributed by atoms with Gasteiger partial charge in [0, 0.05) is 38.4 Å². The smallest absolute Gasteiger partial charge is 0.226 e. The average molecular weight is 381 g/mol. The van der Waals surface area contributed by atoms with Crippen LogP contribution in [0, 0.1) is 0 Å². The van der Waals surface area contributed by atoms with E-state index in [-0.39, 0.29) is 11.6 Å². The quantitative estimate of drug-likeness (QED) is 0.603. The number of ether oxygens (including phenoxy) is 1. The molecule has 3 aromatic rings. The molecule has 4 rings (SSSR count). The second kappa shape index (κ2) is 7.73. The van der Waals surface area contributed by atoms with Crippen molar-refractivity contribution < 1.29 is 4.74 Å². The highest BCUT2D eigenvalue weighted by Gasteiger charge is 2.28. The third-order valence-electron chi connectivity index (χ3n) is 5.32. The van der Waals surface area contributed by atoms with E-state index >= 15 is 0 Å². The molecular formula is C20H27N7O. The third-order valence-corrected chi connectivity index (χ3v) is 5.32. The number of nitrogens with zero attached hydrogens (tertiary/aromatic N) is 4. The van der Waals surface area contributed by atoms with E-state index in [0.717, 1.165) is 48.5 Å². The predicted molar refractivity (Wildman–Crippen MR) is 110 cm³/mol. The lowest BCUT2D eigenvalue weighted by molar-refractivity contribution is 0.0657. The molecule has 1 fully saturated rings. The number of aryl methyl sites for hydroxylation is 1. The molecule has 148 valence electrons. The van der Waals surface area contributed by atoms with E-state index in [1.54, 1.807) is 10.9 Å². The van der Waals surface area contributed by atoms with Crippen LogP contribution in [0.25, 0.3) is 11.0 Å². The van der Waals surface area contributed by atoms with Gasteiger partial charge in [0.15, 0.2) is 5.65 Å². The van der Waals surface area contributed by atoms with Crippen LogP contribution in [0.15, 0.2) is 36.5 Å². The van der Waals surface area contributed by atoms with Gasteiger partial charge in [0.2, 0.25) is 5.95 Å². The number of benzene rings is 1. The molecule has 2 aromatic heterocycles. The van der Waals surface area contributed by atoms with Crippen LogP contribution < -0.4 is 16.4 Å². The average Bonchev–Trinajstić information content (AvgIpc) is 3.08. The van der Waals surface area contributed by atoms with E-state index in [9.17, 15) is 0 Å². The molecule has 8 nitrogen and oxygen atoms in total. The lowest BCUT2D eigenvalue weighted by atomic mass is 9.92. The van der Waals surface area contributed by atoms with Crippen LogP contribution in [0.2, 0.25) is 0 Å². The molecule has 0 amide bonds. The molecule has 0 spiro atoms. The largest absolute Gasteiger partial charge is 0.381 e. The molecule has 1 atom stereocenters. The topological polar surface area (TPSA) is 103 Å². The molecule has 1 aliphatic heterocycles. The first-order chi connectivity index (χ1) is 13.5. The van der Waals surface area contributed by atoms with Gasteiger partial charge in [-0.3, -0.25) is 4.68 Å². The number of rotatable bonds is 6. The van der Waals surface area contributed by atoms with Crippen molar-refractivity contribution in [3.63, 3.8) is 0 Å². The van der Waals surface area contributed by atoms with Crippen molar-refractivity contribution in [3.8, 4) is 0 Å². The Bertz CT molecular complexity index is 934. The lowest BCUT2D eigenvalue weighted by Gasteiger charge is -2.35. The Morgan fingerprint density at radius 1 is 1.21 bits per heavy atom. The van der Waals surface area contributed by atoms with Crippen LogP contribution in [0.5, 0.6) is 0 Å². The van der Waals surface area contributed by atoms with Crippen LogP contribution in [-0.4, -0.2) is 45.0 Å². The number of hydrogen-bond donors (Lipinski definition) is 3. The van der Waals surface area contributed by atoms with Gasteiger partial charge in [-0.1, -0.05) is 30.3 Å². The van der Waals surface area contributed by atoms with E-state index in [4.69, 9.17) is 15.5 Å². The van der Waals surface area contributed by atoms with Crippen molar-refractivity contribution in [3.05, 3.63) is 42.1 Å². The first-order valence-electron chi connectivity index (χ1n) is 9.64. The summed E-state index contributed by atoms with van der Waals surface area (Å²) >= 11 is 0. The minimum Gasteiger partial charge on any atom is -0.381 e. The molecular weight excluding hydrogens is 354 g/mol. The van der Waals surface area contributed by atoms with E-state index < -0.39 is 0 Å². The lowest BCUT2D eigenvalue weighted by Crippen LogP contribution is -2.41. The minimum absolute atomic E-state index is 0.0624. The van der Waals surface area contributed by atoms with Crippen molar-refractivity contribution in [2.45, 2.75) is 31.3 Å². The van der Waals surface area contributed by atoms with Crippen LogP contribution in [0.4, 0.5) is 11.8 Å². The second-order valence-corrected chi connectivity index (χ2v) is 7.60. The first-order valence-corrected chi connectivity index (χ1v) is 9.64. The number of aromatic nitrogens is 4. The third kappa shape index (κ3) is 3.93. The van der Waals surface area contributed by atoms with Crippen molar-refractivity contribution in [1.82, 2.24) is 19.7 Å². The number of anilines is 2. The van der Waals surface area contributed by atoms with Gasteiger partial charge in [-0.25, -0.2) is 0 Å². The Morgan fingerprint density at radius 2 is 1.96 bits per heavy atom. The number of hydrogen-bond acceptors (Lipinski definition) is 7. The molecule has 8 heteroatoms. The number of nitrogens with two attached hydrogens (primary N) is 1. The zero-order chi connectivity index (χ0) is 19.6. The Kier molecular flexibility index (Phi) is 5.15. The van der Waals surface area contributed by atoms with Gasteiger partial charge in [-0.05, 0) is 25.3 Å². The van der Waals surface area contributed by atoms with Crippen molar-refractivity contribution >= 4 is 22.8 Å². The van der Waals surface area contributed by atoms with Crippen molar-refractivity contribution in [2.75, 3.05) is 30.4 Å². The molecule has 1 aliphatic rings. The summed E-state index contributed by atoms with van der Waals surface area (Å²) in [7, 11) is 1.88. The van der Waals surface area contributed by atoms with Crippen molar-refractivity contribution in [1.29, 1.82) is 0 Å². The number of fused-ring (bicyclic) bond motifs is 1. The summed E-state index contributed by atoms with van der Waals surface area (Å²) in [5.74, 6) is 1.33. The monoisotopic (exact) mass is 381 g/mol. The summed E-state index contributed by atoms with van der Waals surface area (Å²) in [5, 5.41) is 12.2. The molecule has 3 heterocycles. The van der Waals surface area contributed by atoms with Gasteiger partial charge in [0.1, 0.15) is 5.82 Å². The maximum Gasteiger partial charge on any atom is 0.226 e. The van der Waals surface area contributed by atoms with Crippen LogP contribution in [0.3, 0.4) is 0 Å². The fourth-order valence-corrected chi connectivity index (χ4v) is 3.45. The van der Waals surface area contributed by atoms with Crippen LogP contribution in [0.1, 0.15) is 31.4 Å². The Labute approximate surface area is 164 Å². The Morgan fingerprint density at radius 3 is 2.71 bits per heavy atom. The molecule has 0 aliphatic carbocycles. The van der Waals surface area contributed by atoms with Gasteiger partial charge in [-0.15, -0.1) is 0 Å². The van der Waals surface area contributed by atoms with Crippen molar-refractivity contribution in [2.24, 2.45) is 12.8 Å². The van der Waals surface area contributed by atoms with Gasteiger partial charge < -0.3 is 21.1 Å². The van der Waals surface area contributed by atoms with Gasteiger partial charge in [0.05, 0.1) is 11.6 Å². The van der Waals surface area contributed by atoms with Crippen LogP contribution in [-0.2, 0) is 11.8 Å². The summed E-state index contributed by atoms with van der Waals surface area (Å²) in [4.78, 5) is 9.37. The molecule has 4 N–H and O–H groups in total. The maximum atomic E-state index is 6.31. The maximum absolute atomic E-state index is 6.31. The van der Waals surface area contributed by atoms with Gasteiger partial charge in [0.25, 0.3) is 0 Å². The highest BCUT2D eigenvalue weighted by Crippen LogP contribution is 2.29. The number of nitrogens with one attached hydrogen (secondary N) is 2. The summed E-state index contributed by atoms with van der Waals surface area (Å²) in [6, 6.07) is 9.87. The fourth-order valence-electron chi connectivity index (χ4n) is 3.45. The predicted octanol–water partition coefficient (Wildman–Crippen LogP) is 2.46. The molecule has 0 unspecified atom stereocenters. The standard InChI is InChI=1S/C20H27N7O/c1-20(8-10-28-11-9-20)26-17-15-12-23-27(2)18(15)25-19(24-17)22-13-16(21)14-6-4-3-5-7-14/h3-7,12,16H,8-11,13,21H2,1-2H3,(H2,22,24,25,26)/t16-/m0/s1. The minimum atomic E-state index is -0.142. The normalized spacial score (nSPS) is 17.4. The van der Waals surface area contributed by atoms with Gasteiger partial charge in [-0.2, -0.15) is 15.1 Å². The highest BCUT2D eigenvalue weighted by atomic mass is 16.5. The van der Waals surface area contributed by atoms with E-state index in [1.807, 2.05) is 37.4 Å². The summed E-state index contributed by atoms with van der Waals surface area (Å²) in [6.45, 7) is 4.25. The van der Waals surface area contributed by atoms with E-state index in [1.165, 1.54) is 0 Å². The summed E-state index contributed by atoms with van der Waals surface area (Å²) < 4.78 is 7.27. The molecule has 0 radical (unpaired) electrons. The summed E-state index contributed by atoms with van der Waals surface area (Å²) in [6.07, 6.45) is 3.67.